The van der Waals surface area contributed by atoms with Gasteiger partial charge in [0.15, 0.2) is 0 Å². The predicted molar refractivity (Wildman–Crippen MR) is 101 cm³/mol. The normalized spacial score (nSPS) is 16.8. The number of fused-ring (bicyclic) bond motifs is 1. The van der Waals surface area contributed by atoms with Crippen molar-refractivity contribution < 1.29 is 14.3 Å². The van der Waals surface area contributed by atoms with Gasteiger partial charge in [0.1, 0.15) is 11.3 Å². The highest BCUT2D eigenvalue weighted by Crippen LogP contribution is 2.47. The number of amides is 1. The number of aromatic nitrogens is 3. The minimum Gasteiger partial charge on any atom is -0.480 e. The number of ether oxygens (including phenoxy) is 2. The number of nitrogens with zero attached hydrogens (tertiary/aromatic N) is 3. The molecule has 2 aromatic rings. The van der Waals surface area contributed by atoms with Gasteiger partial charge in [-0.25, -0.2) is 9.78 Å². The van der Waals surface area contributed by atoms with E-state index in [9.17, 15) is 4.79 Å². The number of rotatable bonds is 3. The van der Waals surface area contributed by atoms with Gasteiger partial charge in [-0.3, -0.25) is 5.10 Å². The number of carbonyl (C=O) groups is 1. The summed E-state index contributed by atoms with van der Waals surface area (Å²) < 4.78 is 11.1. The van der Waals surface area contributed by atoms with E-state index in [4.69, 9.17) is 9.47 Å². The monoisotopic (exact) mass is 370 g/mol. The Morgan fingerprint density at radius 3 is 2.78 bits per heavy atom. The molecule has 1 aliphatic heterocycles. The van der Waals surface area contributed by atoms with Crippen LogP contribution in [0.3, 0.4) is 0 Å². The van der Waals surface area contributed by atoms with Crippen LogP contribution >= 0.6 is 0 Å². The molecular formula is C20H26N4O3. The lowest BCUT2D eigenvalue weighted by molar-refractivity contribution is 0.0224. The predicted octanol–water partition coefficient (Wildman–Crippen LogP) is 3.65. The summed E-state index contributed by atoms with van der Waals surface area (Å²) in [4.78, 5) is 18.7. The molecule has 1 fully saturated rings. The summed E-state index contributed by atoms with van der Waals surface area (Å²) in [5.74, 6) is 1.12. The molecule has 4 rings (SSSR count). The molecular weight excluding hydrogens is 344 g/mol. The lowest BCUT2D eigenvalue weighted by Gasteiger charge is -2.30. The van der Waals surface area contributed by atoms with Crippen molar-refractivity contribution in [1.82, 2.24) is 20.1 Å². The van der Waals surface area contributed by atoms with Gasteiger partial charge in [0, 0.05) is 30.4 Å². The van der Waals surface area contributed by atoms with E-state index < -0.39 is 5.60 Å². The lowest BCUT2D eigenvalue weighted by atomic mass is 9.96. The Bertz CT molecular complexity index is 865. The second-order valence-corrected chi connectivity index (χ2v) is 8.24. The maximum atomic E-state index is 12.5. The molecule has 0 atom stereocenters. The summed E-state index contributed by atoms with van der Waals surface area (Å²) in [5.41, 5.74) is 4.60. The van der Waals surface area contributed by atoms with Crippen LogP contribution in [0.4, 0.5) is 4.79 Å². The van der Waals surface area contributed by atoms with Crippen LogP contribution in [-0.4, -0.2) is 45.4 Å². The van der Waals surface area contributed by atoms with Crippen LogP contribution in [0.1, 0.15) is 56.4 Å². The Morgan fingerprint density at radius 1 is 1.33 bits per heavy atom. The van der Waals surface area contributed by atoms with Gasteiger partial charge in [0.25, 0.3) is 0 Å². The smallest absolute Gasteiger partial charge is 0.410 e. The standard InChI is InChI=1S/C20H26N4O3/c1-20(2,3)27-19(25)24-10-8-15-14(11-24)17(23-22-15)16-13(12-5-6-12)7-9-21-18(16)26-4/h7,9,12H,5-6,8,10-11H2,1-4H3,(H,22,23). The van der Waals surface area contributed by atoms with Crippen molar-refractivity contribution in [3.63, 3.8) is 0 Å². The van der Waals surface area contributed by atoms with Crippen molar-refractivity contribution in [3.8, 4) is 17.1 Å². The quantitative estimate of drug-likeness (QED) is 0.892. The van der Waals surface area contributed by atoms with Crippen LogP contribution < -0.4 is 4.74 Å². The first-order valence-electron chi connectivity index (χ1n) is 9.44. The molecule has 1 N–H and O–H groups in total. The van der Waals surface area contributed by atoms with Crippen molar-refractivity contribution in [3.05, 3.63) is 29.1 Å². The van der Waals surface area contributed by atoms with Gasteiger partial charge < -0.3 is 14.4 Å². The van der Waals surface area contributed by atoms with Gasteiger partial charge in [0.2, 0.25) is 5.88 Å². The van der Waals surface area contributed by atoms with E-state index in [1.54, 1.807) is 18.2 Å². The number of aromatic amines is 1. The van der Waals surface area contributed by atoms with Gasteiger partial charge in [-0.1, -0.05) is 0 Å². The van der Waals surface area contributed by atoms with Gasteiger partial charge in [0.05, 0.1) is 19.2 Å². The first kappa shape index (κ1) is 17.8. The number of nitrogens with one attached hydrogen (secondary N) is 1. The Hall–Kier alpha value is -2.57. The van der Waals surface area contributed by atoms with Gasteiger partial charge >= 0.3 is 6.09 Å². The molecule has 0 saturated heterocycles. The van der Waals surface area contributed by atoms with E-state index in [0.717, 1.165) is 28.9 Å². The molecule has 0 spiro atoms. The highest BCUT2D eigenvalue weighted by molar-refractivity contribution is 5.75. The van der Waals surface area contributed by atoms with Crippen LogP contribution in [0, 0.1) is 0 Å². The van der Waals surface area contributed by atoms with Crippen LogP contribution in [0.5, 0.6) is 5.88 Å². The van der Waals surface area contributed by atoms with Gasteiger partial charge in [-0.15, -0.1) is 0 Å². The molecule has 0 radical (unpaired) electrons. The zero-order valence-electron chi connectivity index (χ0n) is 16.3. The average molecular weight is 370 g/mol. The van der Waals surface area contributed by atoms with E-state index in [2.05, 4.69) is 21.2 Å². The molecule has 2 aliphatic rings. The maximum absolute atomic E-state index is 12.5. The Morgan fingerprint density at radius 2 is 2.11 bits per heavy atom. The number of pyridine rings is 1. The zero-order chi connectivity index (χ0) is 19.2. The molecule has 27 heavy (non-hydrogen) atoms. The van der Waals surface area contributed by atoms with Crippen molar-refractivity contribution >= 4 is 6.09 Å². The van der Waals surface area contributed by atoms with Crippen LogP contribution in [-0.2, 0) is 17.7 Å². The minimum absolute atomic E-state index is 0.291. The average Bonchev–Trinajstić information content (AvgIpc) is 3.39. The fourth-order valence-corrected chi connectivity index (χ4v) is 3.57. The van der Waals surface area contributed by atoms with Gasteiger partial charge in [-0.05, 0) is 51.2 Å². The van der Waals surface area contributed by atoms with Crippen LogP contribution in [0.25, 0.3) is 11.3 Å². The third kappa shape index (κ3) is 3.50. The molecule has 7 nitrogen and oxygen atoms in total. The summed E-state index contributed by atoms with van der Waals surface area (Å²) in [5, 5.41) is 7.75. The van der Waals surface area contributed by atoms with E-state index in [-0.39, 0.29) is 6.09 Å². The number of carbonyl (C=O) groups excluding carboxylic acids is 1. The van der Waals surface area contributed by atoms with Crippen molar-refractivity contribution in [2.75, 3.05) is 13.7 Å². The van der Waals surface area contributed by atoms with E-state index >= 15 is 0 Å². The molecule has 0 unspecified atom stereocenters. The largest absolute Gasteiger partial charge is 0.480 e. The Labute approximate surface area is 159 Å². The summed E-state index contributed by atoms with van der Waals surface area (Å²) >= 11 is 0. The third-order valence-electron chi connectivity index (χ3n) is 4.98. The summed E-state index contributed by atoms with van der Waals surface area (Å²) in [6, 6.07) is 2.06. The van der Waals surface area contributed by atoms with Crippen molar-refractivity contribution in [1.29, 1.82) is 0 Å². The first-order valence-corrected chi connectivity index (χ1v) is 9.44. The van der Waals surface area contributed by atoms with Crippen LogP contribution in [0.15, 0.2) is 12.3 Å². The molecule has 1 saturated carbocycles. The number of H-pyrrole nitrogens is 1. The highest BCUT2D eigenvalue weighted by Gasteiger charge is 2.33. The van der Waals surface area contributed by atoms with E-state index in [1.807, 2.05) is 20.8 Å². The minimum atomic E-state index is -0.512. The second kappa shape index (κ2) is 6.55. The van der Waals surface area contributed by atoms with E-state index in [1.165, 1.54) is 18.4 Å². The van der Waals surface area contributed by atoms with Gasteiger partial charge in [-0.2, -0.15) is 5.10 Å². The van der Waals surface area contributed by atoms with Crippen molar-refractivity contribution in [2.45, 2.75) is 58.1 Å². The fourth-order valence-electron chi connectivity index (χ4n) is 3.57. The summed E-state index contributed by atoms with van der Waals surface area (Å²) in [6.07, 6.45) is 4.58. The van der Waals surface area contributed by atoms with Crippen molar-refractivity contribution in [2.24, 2.45) is 0 Å². The summed E-state index contributed by atoms with van der Waals surface area (Å²) in [6.45, 7) is 6.73. The SMILES string of the molecule is COc1nccc(C2CC2)c1-c1n[nH]c2c1CN(C(=O)OC(C)(C)C)CC2. The fraction of sp³-hybridized carbons (Fsp3) is 0.550. The topological polar surface area (TPSA) is 80.3 Å². The molecule has 2 aromatic heterocycles. The second-order valence-electron chi connectivity index (χ2n) is 8.24. The molecule has 1 aliphatic carbocycles. The summed E-state index contributed by atoms with van der Waals surface area (Å²) in [7, 11) is 1.63. The molecule has 3 heterocycles. The Balaban J connectivity index is 1.69. The number of hydrogen-bond donors (Lipinski definition) is 1. The number of methoxy groups -OCH3 is 1. The number of hydrogen-bond acceptors (Lipinski definition) is 5. The molecule has 0 aromatic carbocycles. The molecule has 7 heteroatoms. The lowest BCUT2D eigenvalue weighted by Crippen LogP contribution is -2.39. The molecule has 0 bridgehead atoms. The third-order valence-corrected chi connectivity index (χ3v) is 4.98. The zero-order valence-corrected chi connectivity index (χ0v) is 16.3. The first-order chi connectivity index (χ1) is 12.9. The maximum Gasteiger partial charge on any atom is 0.410 e. The Kier molecular flexibility index (Phi) is 4.32. The molecule has 1 amide bonds. The highest BCUT2D eigenvalue weighted by atomic mass is 16.6. The molecule has 144 valence electrons. The van der Waals surface area contributed by atoms with Crippen LogP contribution in [0.2, 0.25) is 0 Å². The van der Waals surface area contributed by atoms with E-state index in [0.29, 0.717) is 24.9 Å².